The summed E-state index contributed by atoms with van der Waals surface area (Å²) < 4.78 is 57.7. The van der Waals surface area contributed by atoms with Crippen LogP contribution in [0.15, 0.2) is 60.7 Å². The third kappa shape index (κ3) is 9.61. The van der Waals surface area contributed by atoms with E-state index >= 15 is 0 Å². The summed E-state index contributed by atoms with van der Waals surface area (Å²) in [6.45, 7) is 5.21. The number of hydrogen-bond donors (Lipinski definition) is 2. The number of fused-ring (bicyclic) bond motifs is 1. The van der Waals surface area contributed by atoms with Gasteiger partial charge in [-0.3, -0.25) is 34.2 Å². The molecule has 18 heteroatoms. The molecule has 306 valence electrons. The minimum Gasteiger partial charge on any atom is -0.494 e. The Morgan fingerprint density at radius 1 is 0.983 bits per heavy atom. The predicted octanol–water partition coefficient (Wildman–Crippen LogP) is 5.10. The first-order chi connectivity index (χ1) is 27.6. The van der Waals surface area contributed by atoms with Crippen LogP contribution < -0.4 is 25.2 Å². The molecule has 2 aliphatic rings. The van der Waals surface area contributed by atoms with Gasteiger partial charge in [0.25, 0.3) is 17.7 Å². The van der Waals surface area contributed by atoms with Crippen molar-refractivity contribution in [2.24, 2.45) is 0 Å². The summed E-state index contributed by atoms with van der Waals surface area (Å²) in [5.74, 6) is -2.27. The number of imide groups is 2. The number of thiocarbonyl (C=S) groups is 1. The Hall–Kier alpha value is -5.90. The van der Waals surface area contributed by atoms with Crippen molar-refractivity contribution in [3.05, 3.63) is 82.9 Å². The number of nitriles is 1. The second-order valence-corrected chi connectivity index (χ2v) is 14.0. The highest BCUT2D eigenvalue weighted by atomic mass is 32.1. The minimum atomic E-state index is -4.77. The molecule has 1 saturated heterocycles. The summed E-state index contributed by atoms with van der Waals surface area (Å²) in [5.41, 5.74) is -0.377. The maximum atomic E-state index is 13.6. The van der Waals surface area contributed by atoms with Crippen molar-refractivity contribution in [3.63, 3.8) is 0 Å². The number of carbonyl (C=O) groups is 5. The molecule has 1 fully saturated rings. The number of amides is 5. The van der Waals surface area contributed by atoms with Gasteiger partial charge in [-0.15, -0.1) is 0 Å². The molecule has 2 heterocycles. The van der Waals surface area contributed by atoms with Gasteiger partial charge in [0.1, 0.15) is 17.3 Å². The van der Waals surface area contributed by atoms with E-state index in [0.29, 0.717) is 56.5 Å². The molecule has 0 aliphatic carbocycles. The Balaban J connectivity index is 0.999. The fraction of sp³-hybridized carbons (Fsp3) is 0.375. The number of anilines is 3. The summed E-state index contributed by atoms with van der Waals surface area (Å²) in [4.78, 5) is 67.2. The molecule has 0 saturated carbocycles. The molecule has 0 bridgehead atoms. The van der Waals surface area contributed by atoms with Crippen LogP contribution in [-0.4, -0.2) is 98.1 Å². The van der Waals surface area contributed by atoms with Gasteiger partial charge in [0, 0.05) is 50.1 Å². The van der Waals surface area contributed by atoms with Crippen LogP contribution >= 0.6 is 12.2 Å². The lowest BCUT2D eigenvalue weighted by molar-refractivity contribution is -0.138. The molecular weight excluding hydrogens is 782 g/mol. The van der Waals surface area contributed by atoms with Gasteiger partial charge in [-0.1, -0.05) is 18.3 Å². The van der Waals surface area contributed by atoms with Crippen molar-refractivity contribution >= 4 is 64.3 Å². The molecule has 1 unspecified atom stereocenters. The molecular formula is C40H41F3N6O8S. The zero-order valence-corrected chi connectivity index (χ0v) is 32.7. The zero-order chi connectivity index (χ0) is 42.2. The van der Waals surface area contributed by atoms with Crippen LogP contribution in [0.2, 0.25) is 0 Å². The molecule has 0 spiro atoms. The third-order valence-electron chi connectivity index (χ3n) is 9.57. The summed E-state index contributed by atoms with van der Waals surface area (Å²) >= 11 is 5.23. The van der Waals surface area contributed by atoms with E-state index in [1.807, 2.05) is 0 Å². The Labute approximate surface area is 337 Å². The maximum Gasteiger partial charge on any atom is 0.417 e. The molecule has 3 aromatic rings. The average molecular weight is 823 g/mol. The van der Waals surface area contributed by atoms with Crippen LogP contribution in [0.1, 0.15) is 65.0 Å². The zero-order valence-electron chi connectivity index (χ0n) is 31.9. The molecule has 5 amide bonds. The molecule has 2 aliphatic heterocycles. The van der Waals surface area contributed by atoms with E-state index in [9.17, 15) is 37.1 Å². The first-order valence-electron chi connectivity index (χ1n) is 18.2. The van der Waals surface area contributed by atoms with Crippen LogP contribution in [0.25, 0.3) is 0 Å². The van der Waals surface area contributed by atoms with Gasteiger partial charge in [0.05, 0.1) is 60.2 Å². The molecule has 2 N–H and O–H groups in total. The average Bonchev–Trinajstić information content (AvgIpc) is 3.45. The molecule has 1 atom stereocenters. The summed E-state index contributed by atoms with van der Waals surface area (Å²) in [5, 5.41) is 14.4. The van der Waals surface area contributed by atoms with E-state index in [0.717, 1.165) is 21.9 Å². The second-order valence-electron chi connectivity index (χ2n) is 13.8. The number of nitrogens with one attached hydrogen (secondary N) is 2. The van der Waals surface area contributed by atoms with Gasteiger partial charge in [-0.05, 0) is 74.9 Å². The summed E-state index contributed by atoms with van der Waals surface area (Å²) in [7, 11) is 1.36. The summed E-state index contributed by atoms with van der Waals surface area (Å²) in [6.07, 6.45) is -4.08. The molecule has 5 rings (SSSR count). The lowest BCUT2D eigenvalue weighted by Gasteiger charge is -2.38. The number of piperidine rings is 1. The van der Waals surface area contributed by atoms with Crippen LogP contribution in [0.3, 0.4) is 0 Å². The van der Waals surface area contributed by atoms with Crippen molar-refractivity contribution in [3.8, 4) is 11.8 Å². The smallest absolute Gasteiger partial charge is 0.417 e. The van der Waals surface area contributed by atoms with E-state index in [1.54, 1.807) is 50.2 Å². The molecule has 14 nitrogen and oxygen atoms in total. The summed E-state index contributed by atoms with van der Waals surface area (Å²) in [6, 6.07) is 15.2. The van der Waals surface area contributed by atoms with E-state index in [-0.39, 0.29) is 36.3 Å². The lowest BCUT2D eigenvalue weighted by atomic mass is 9.99. The fourth-order valence-electron chi connectivity index (χ4n) is 6.52. The highest BCUT2D eigenvalue weighted by Gasteiger charge is 2.45. The lowest BCUT2D eigenvalue weighted by Crippen LogP contribution is -2.55. The van der Waals surface area contributed by atoms with Gasteiger partial charge >= 0.3 is 6.18 Å². The number of ether oxygens (including phenoxy) is 3. The highest BCUT2D eigenvalue weighted by molar-refractivity contribution is 7.79. The fourth-order valence-corrected chi connectivity index (χ4v) is 6.90. The van der Waals surface area contributed by atoms with E-state index < -0.39 is 58.4 Å². The second kappa shape index (κ2) is 18.6. The highest BCUT2D eigenvalue weighted by Crippen LogP contribution is 2.36. The van der Waals surface area contributed by atoms with Gasteiger partial charge < -0.3 is 29.3 Å². The molecule has 0 aromatic heterocycles. The normalized spacial score (nSPS) is 15.4. The van der Waals surface area contributed by atoms with E-state index in [2.05, 4.69) is 10.6 Å². The van der Waals surface area contributed by atoms with E-state index in [4.69, 9.17) is 31.7 Å². The van der Waals surface area contributed by atoms with Gasteiger partial charge in [-0.2, -0.15) is 18.4 Å². The number of benzene rings is 3. The Morgan fingerprint density at radius 2 is 1.67 bits per heavy atom. The standard InChI is InChI=1S/C40H41F3N6O8S/c1-39(2,38(54)47(3)27-9-8-25(23-44)30(22-27)40(41,42)43)48(24-58)26-10-12-28(13-11-26)57-18-5-17-55-20-21-56-19-16-45-31-7-4-6-29-34(31)37(53)49(36(29)52)32-14-15-33(50)46-35(32)51/h4,6-13,22,24,32,45H,5,14-21H2,1-3H3,(H,46,50,51). The van der Waals surface area contributed by atoms with Crippen molar-refractivity contribution in [1.29, 1.82) is 5.26 Å². The largest absolute Gasteiger partial charge is 0.494 e. The molecule has 3 aromatic carbocycles. The molecule has 58 heavy (non-hydrogen) atoms. The van der Waals surface area contributed by atoms with Crippen LogP contribution in [0.5, 0.6) is 5.75 Å². The third-order valence-corrected chi connectivity index (χ3v) is 9.78. The Bertz CT molecular complexity index is 2110. The SMILES string of the molecule is CN(C(=O)C(C)(C)N(C=S)c1ccc(OCCCOCCOCCNc2cccc3c2C(=O)N(C2CCC(=O)NC2=O)C3=O)cc1)c1ccc(C#N)c(C(F)(F)F)c1. The number of carbonyl (C=O) groups excluding carboxylic acids is 5. The first-order valence-corrected chi connectivity index (χ1v) is 18.7. The number of rotatable bonds is 18. The van der Waals surface area contributed by atoms with Crippen LogP contribution in [-0.2, 0) is 30.0 Å². The monoisotopic (exact) mass is 822 g/mol. The van der Waals surface area contributed by atoms with Crippen molar-refractivity contribution in [2.45, 2.75) is 50.9 Å². The Morgan fingerprint density at radius 3 is 2.33 bits per heavy atom. The van der Waals surface area contributed by atoms with Gasteiger partial charge in [0.15, 0.2) is 0 Å². The predicted molar refractivity (Wildman–Crippen MR) is 210 cm³/mol. The van der Waals surface area contributed by atoms with Crippen molar-refractivity contribution < 1.29 is 51.4 Å². The topological polar surface area (TPSA) is 171 Å². The number of nitrogens with zero attached hydrogens (tertiary/aromatic N) is 4. The van der Waals surface area contributed by atoms with E-state index in [1.165, 1.54) is 35.6 Å². The van der Waals surface area contributed by atoms with Crippen molar-refractivity contribution in [2.75, 3.05) is 61.7 Å². The number of likely N-dealkylation sites (N-methyl/N-ethyl adjacent to an activating group) is 1. The maximum absolute atomic E-state index is 13.6. The number of alkyl halides is 3. The minimum absolute atomic E-state index is 0.0307. The number of halogens is 3. The van der Waals surface area contributed by atoms with Crippen molar-refractivity contribution in [1.82, 2.24) is 10.2 Å². The van der Waals surface area contributed by atoms with Gasteiger partial charge in [0.2, 0.25) is 11.8 Å². The number of hydrogen-bond acceptors (Lipinski definition) is 11. The Kier molecular flexibility index (Phi) is 13.8. The quantitative estimate of drug-likeness (QED) is 0.0991. The van der Waals surface area contributed by atoms with Crippen LogP contribution in [0.4, 0.5) is 30.2 Å². The van der Waals surface area contributed by atoms with Crippen LogP contribution in [0, 0.1) is 11.3 Å². The first kappa shape index (κ1) is 43.2. The molecule has 0 radical (unpaired) electrons. The van der Waals surface area contributed by atoms with Gasteiger partial charge in [-0.25, -0.2) is 0 Å².